The Morgan fingerprint density at radius 1 is 1.13 bits per heavy atom. The van der Waals surface area contributed by atoms with Crippen LogP contribution in [0.3, 0.4) is 0 Å². The van der Waals surface area contributed by atoms with Crippen molar-refractivity contribution >= 4 is 5.97 Å². The molecule has 0 bridgehead atoms. The van der Waals surface area contributed by atoms with Crippen LogP contribution in [0, 0.1) is 17.8 Å². The lowest BCUT2D eigenvalue weighted by molar-refractivity contribution is -0.142. The van der Waals surface area contributed by atoms with E-state index in [4.69, 9.17) is 20.3 Å². The van der Waals surface area contributed by atoms with Crippen molar-refractivity contribution in [2.75, 3.05) is 13.7 Å². The second-order valence-electron chi connectivity index (χ2n) is 8.69. The number of unbranched alkanes of at least 4 members (excludes halogenated alkanes) is 2. The van der Waals surface area contributed by atoms with Crippen LogP contribution in [0.15, 0.2) is 18.2 Å². The second kappa shape index (κ2) is 13.5. The van der Waals surface area contributed by atoms with E-state index in [1.165, 1.54) is 0 Å². The molecule has 0 aromatic heterocycles. The largest absolute Gasteiger partial charge is 0.493 e. The number of carbonyl (C=O) groups is 1. The van der Waals surface area contributed by atoms with Crippen molar-refractivity contribution in [3.8, 4) is 11.5 Å². The van der Waals surface area contributed by atoms with E-state index in [2.05, 4.69) is 20.8 Å². The maximum absolute atomic E-state index is 11.1. The molecule has 0 spiro atoms. The number of aliphatic hydroxyl groups excluding tert-OH is 1. The van der Waals surface area contributed by atoms with E-state index >= 15 is 0 Å². The summed E-state index contributed by atoms with van der Waals surface area (Å²) in [6.45, 7) is 8.72. The van der Waals surface area contributed by atoms with Gasteiger partial charge in [0.25, 0.3) is 0 Å². The molecule has 6 nitrogen and oxygen atoms in total. The van der Waals surface area contributed by atoms with Gasteiger partial charge in [0.2, 0.25) is 0 Å². The number of benzene rings is 1. The van der Waals surface area contributed by atoms with Crippen LogP contribution in [0.5, 0.6) is 11.5 Å². The molecule has 0 heterocycles. The lowest BCUT2D eigenvalue weighted by atomic mass is 9.82. The highest BCUT2D eigenvalue weighted by atomic mass is 16.5. The van der Waals surface area contributed by atoms with Crippen LogP contribution in [0.4, 0.5) is 0 Å². The molecule has 0 fully saturated rings. The Morgan fingerprint density at radius 3 is 2.40 bits per heavy atom. The zero-order chi connectivity index (χ0) is 22.7. The highest BCUT2D eigenvalue weighted by Gasteiger charge is 2.26. The zero-order valence-corrected chi connectivity index (χ0v) is 19.3. The molecule has 1 aromatic carbocycles. The van der Waals surface area contributed by atoms with E-state index in [1.807, 2.05) is 18.2 Å². The van der Waals surface area contributed by atoms with Crippen LogP contribution in [-0.4, -0.2) is 42.0 Å². The van der Waals surface area contributed by atoms with Crippen molar-refractivity contribution in [1.29, 1.82) is 0 Å². The van der Waals surface area contributed by atoms with E-state index in [0.29, 0.717) is 18.9 Å². The number of hydrogen-bond acceptors (Lipinski definition) is 5. The van der Waals surface area contributed by atoms with Gasteiger partial charge in [-0.15, -0.1) is 0 Å². The number of aliphatic carboxylic acids is 1. The minimum Gasteiger partial charge on any atom is -0.493 e. The third kappa shape index (κ3) is 8.92. The van der Waals surface area contributed by atoms with E-state index < -0.39 is 24.0 Å². The van der Waals surface area contributed by atoms with Gasteiger partial charge in [-0.2, -0.15) is 0 Å². The minimum atomic E-state index is -0.911. The van der Waals surface area contributed by atoms with Gasteiger partial charge in [0.05, 0.1) is 25.7 Å². The first-order chi connectivity index (χ1) is 14.2. The van der Waals surface area contributed by atoms with Gasteiger partial charge in [0.15, 0.2) is 11.5 Å². The molecule has 172 valence electrons. The van der Waals surface area contributed by atoms with Crippen LogP contribution in [-0.2, 0) is 11.2 Å². The van der Waals surface area contributed by atoms with Crippen molar-refractivity contribution in [2.24, 2.45) is 23.5 Å². The second-order valence-corrected chi connectivity index (χ2v) is 8.69. The molecule has 0 amide bonds. The van der Waals surface area contributed by atoms with Gasteiger partial charge in [-0.25, -0.2) is 0 Å². The van der Waals surface area contributed by atoms with Gasteiger partial charge in [-0.3, -0.25) is 4.79 Å². The summed E-state index contributed by atoms with van der Waals surface area (Å²) in [6, 6.07) is 5.56. The molecule has 1 aromatic rings. The third-order valence-electron chi connectivity index (χ3n) is 5.76. The molecule has 4 N–H and O–H groups in total. The number of nitrogens with two attached hydrogens (primary N) is 1. The zero-order valence-electron chi connectivity index (χ0n) is 19.3. The maximum atomic E-state index is 11.1. The number of ether oxygens (including phenoxy) is 2. The molecule has 4 atom stereocenters. The SMILES string of the molecule is CCCCCOc1cc(CC(CC(N)C(O)CC(C)C(=O)O)C(C)C)ccc1OC. The fourth-order valence-electron chi connectivity index (χ4n) is 3.53. The Kier molecular flexibility index (Phi) is 11.8. The average Bonchev–Trinajstić information content (AvgIpc) is 2.70. The lowest BCUT2D eigenvalue weighted by Gasteiger charge is -2.28. The van der Waals surface area contributed by atoms with Crippen LogP contribution < -0.4 is 15.2 Å². The summed E-state index contributed by atoms with van der Waals surface area (Å²) in [6.07, 6.45) is 4.07. The molecule has 4 unspecified atom stereocenters. The van der Waals surface area contributed by atoms with E-state index in [1.54, 1.807) is 14.0 Å². The summed E-state index contributed by atoms with van der Waals surface area (Å²) in [4.78, 5) is 11.1. The van der Waals surface area contributed by atoms with E-state index in [9.17, 15) is 9.90 Å². The monoisotopic (exact) mass is 423 g/mol. The normalized spacial score (nSPS) is 15.5. The molecule has 0 radical (unpaired) electrons. The number of rotatable bonds is 15. The summed E-state index contributed by atoms with van der Waals surface area (Å²) < 4.78 is 11.4. The molecular weight excluding hydrogens is 382 g/mol. The van der Waals surface area contributed by atoms with Crippen LogP contribution in [0.2, 0.25) is 0 Å². The average molecular weight is 424 g/mol. The standard InChI is InChI=1S/C24H41NO5/c1-6-7-8-11-30-23-14-18(9-10-22(23)29-5)13-19(16(2)3)15-20(25)21(26)12-17(4)24(27)28/h9-10,14,16-17,19-21,26H,6-8,11-13,15,25H2,1-5H3,(H,27,28). The summed E-state index contributed by atoms with van der Waals surface area (Å²) in [5.74, 6) is 0.593. The predicted octanol–water partition coefficient (Wildman–Crippen LogP) is 4.27. The quantitative estimate of drug-likeness (QED) is 0.364. The van der Waals surface area contributed by atoms with Crippen molar-refractivity contribution < 1.29 is 24.5 Å². The van der Waals surface area contributed by atoms with Gasteiger partial charge in [0.1, 0.15) is 0 Å². The fourth-order valence-corrected chi connectivity index (χ4v) is 3.53. The molecule has 0 aliphatic rings. The summed E-state index contributed by atoms with van der Waals surface area (Å²) >= 11 is 0. The number of carboxylic acid groups (broad SMARTS) is 1. The molecule has 0 saturated carbocycles. The van der Waals surface area contributed by atoms with Crippen molar-refractivity contribution in [1.82, 2.24) is 0 Å². The summed E-state index contributed by atoms with van der Waals surface area (Å²) in [7, 11) is 1.64. The Hall–Kier alpha value is -1.79. The maximum Gasteiger partial charge on any atom is 0.306 e. The Balaban J connectivity index is 2.80. The van der Waals surface area contributed by atoms with Crippen LogP contribution >= 0.6 is 0 Å². The molecule has 30 heavy (non-hydrogen) atoms. The first-order valence-corrected chi connectivity index (χ1v) is 11.2. The molecule has 6 heteroatoms. The number of methoxy groups -OCH3 is 1. The van der Waals surface area contributed by atoms with Gasteiger partial charge >= 0.3 is 5.97 Å². The van der Waals surface area contributed by atoms with Crippen molar-refractivity contribution in [2.45, 2.75) is 78.4 Å². The Bertz CT molecular complexity index is 634. The minimum absolute atomic E-state index is 0.166. The Labute approximate surface area is 181 Å². The predicted molar refractivity (Wildman–Crippen MR) is 120 cm³/mol. The van der Waals surface area contributed by atoms with E-state index in [0.717, 1.165) is 42.7 Å². The number of carboxylic acids is 1. The third-order valence-corrected chi connectivity index (χ3v) is 5.76. The molecular formula is C24H41NO5. The van der Waals surface area contributed by atoms with Crippen LogP contribution in [0.1, 0.15) is 65.4 Å². The lowest BCUT2D eigenvalue weighted by Crippen LogP contribution is -2.39. The van der Waals surface area contributed by atoms with Gasteiger partial charge in [0, 0.05) is 6.04 Å². The van der Waals surface area contributed by atoms with Crippen molar-refractivity contribution in [3.63, 3.8) is 0 Å². The summed E-state index contributed by atoms with van der Waals surface area (Å²) in [5.41, 5.74) is 7.38. The van der Waals surface area contributed by atoms with Gasteiger partial charge in [-0.05, 0) is 55.2 Å². The van der Waals surface area contributed by atoms with E-state index in [-0.39, 0.29) is 12.3 Å². The van der Waals surface area contributed by atoms with Crippen molar-refractivity contribution in [3.05, 3.63) is 23.8 Å². The highest BCUT2D eigenvalue weighted by molar-refractivity contribution is 5.69. The smallest absolute Gasteiger partial charge is 0.306 e. The first kappa shape index (κ1) is 26.2. The molecule has 0 aliphatic heterocycles. The first-order valence-electron chi connectivity index (χ1n) is 11.2. The molecule has 0 saturated heterocycles. The molecule has 1 rings (SSSR count). The summed E-state index contributed by atoms with van der Waals surface area (Å²) in [5, 5.41) is 19.4. The highest BCUT2D eigenvalue weighted by Crippen LogP contribution is 2.31. The number of aliphatic hydroxyl groups is 1. The Morgan fingerprint density at radius 2 is 1.83 bits per heavy atom. The number of hydrogen-bond donors (Lipinski definition) is 3. The van der Waals surface area contributed by atoms with Crippen LogP contribution in [0.25, 0.3) is 0 Å². The molecule has 0 aliphatic carbocycles. The van der Waals surface area contributed by atoms with Gasteiger partial charge < -0.3 is 25.4 Å². The topological polar surface area (TPSA) is 102 Å². The van der Waals surface area contributed by atoms with Gasteiger partial charge in [-0.1, -0.05) is 46.6 Å². The fraction of sp³-hybridized carbons (Fsp3) is 0.708.